The molecule has 104 valence electrons. The van der Waals surface area contributed by atoms with Gasteiger partial charge in [0.2, 0.25) is 0 Å². The second-order valence-electron chi connectivity index (χ2n) is 4.53. The second-order valence-corrected chi connectivity index (χ2v) is 7.56. The minimum Gasteiger partial charge on any atom is -0.330 e. The van der Waals surface area contributed by atoms with Gasteiger partial charge in [-0.3, -0.25) is 0 Å². The van der Waals surface area contributed by atoms with Crippen LogP contribution in [0.2, 0.25) is 0 Å². The average molecular weight is 312 g/mol. The van der Waals surface area contributed by atoms with Crippen molar-refractivity contribution in [2.45, 2.75) is 37.0 Å². The zero-order valence-corrected chi connectivity index (χ0v) is 13.6. The molecule has 0 aliphatic carbocycles. The number of thiophene rings is 2. The van der Waals surface area contributed by atoms with Crippen LogP contribution in [0.4, 0.5) is 0 Å². The van der Waals surface area contributed by atoms with E-state index < -0.39 is 0 Å². The third kappa shape index (κ3) is 5.30. The number of hydrogen-bond donors (Lipinski definition) is 1. The van der Waals surface area contributed by atoms with Gasteiger partial charge >= 0.3 is 0 Å². The minimum atomic E-state index is 0.842. The van der Waals surface area contributed by atoms with Gasteiger partial charge in [0.15, 0.2) is 0 Å². The zero-order chi connectivity index (χ0) is 13.3. The van der Waals surface area contributed by atoms with Crippen LogP contribution in [0.15, 0.2) is 33.9 Å². The van der Waals surface area contributed by atoms with Crippen molar-refractivity contribution in [2.75, 3.05) is 12.3 Å². The van der Waals surface area contributed by atoms with Gasteiger partial charge in [0.25, 0.3) is 0 Å². The van der Waals surface area contributed by atoms with Crippen molar-refractivity contribution in [2.24, 2.45) is 5.73 Å². The molecule has 19 heavy (non-hydrogen) atoms. The molecule has 0 aliphatic heterocycles. The van der Waals surface area contributed by atoms with Crippen LogP contribution in [-0.2, 0) is 0 Å². The summed E-state index contributed by atoms with van der Waals surface area (Å²) in [6, 6.07) is 6.64. The smallest absolute Gasteiger partial charge is 0.0454 e. The number of thioether (sulfide) groups is 1. The standard InChI is InChI=1S/C15H21NS3/c16-8-4-2-1-3-5-9-17-13-11-15(19-12-13)14-7-6-10-18-14/h6-7,10-12H,1-5,8-9,16H2. The van der Waals surface area contributed by atoms with Gasteiger partial charge in [-0.1, -0.05) is 25.3 Å². The maximum absolute atomic E-state index is 5.49. The van der Waals surface area contributed by atoms with Crippen LogP contribution in [0, 0.1) is 0 Å². The number of nitrogens with two attached hydrogens (primary N) is 1. The van der Waals surface area contributed by atoms with E-state index in [4.69, 9.17) is 5.73 Å². The molecular weight excluding hydrogens is 290 g/mol. The van der Waals surface area contributed by atoms with Crippen LogP contribution >= 0.6 is 34.4 Å². The van der Waals surface area contributed by atoms with Crippen LogP contribution in [-0.4, -0.2) is 12.3 Å². The summed E-state index contributed by atoms with van der Waals surface area (Å²) >= 11 is 5.67. The molecule has 2 N–H and O–H groups in total. The van der Waals surface area contributed by atoms with Crippen molar-refractivity contribution in [3.63, 3.8) is 0 Å². The molecule has 0 fully saturated rings. The molecule has 0 unspecified atom stereocenters. The second kappa shape index (κ2) is 8.80. The van der Waals surface area contributed by atoms with Crippen LogP contribution in [0.5, 0.6) is 0 Å². The average Bonchev–Trinajstić information content (AvgIpc) is 3.08. The van der Waals surface area contributed by atoms with E-state index in [1.54, 1.807) is 0 Å². The van der Waals surface area contributed by atoms with E-state index in [0.717, 1.165) is 6.54 Å². The molecule has 0 amide bonds. The number of rotatable bonds is 9. The lowest BCUT2D eigenvalue weighted by Crippen LogP contribution is -1.97. The highest BCUT2D eigenvalue weighted by Gasteiger charge is 2.03. The predicted molar refractivity (Wildman–Crippen MR) is 90.5 cm³/mol. The van der Waals surface area contributed by atoms with E-state index in [9.17, 15) is 0 Å². The molecule has 2 heterocycles. The first-order valence-electron chi connectivity index (χ1n) is 6.85. The fourth-order valence-electron chi connectivity index (χ4n) is 1.91. The third-order valence-corrected chi connectivity index (χ3v) is 6.16. The van der Waals surface area contributed by atoms with Crippen LogP contribution in [0.3, 0.4) is 0 Å². The number of hydrogen-bond acceptors (Lipinski definition) is 4. The normalized spacial score (nSPS) is 11.0. The first-order valence-corrected chi connectivity index (χ1v) is 9.60. The van der Waals surface area contributed by atoms with E-state index in [1.165, 1.54) is 52.5 Å². The Bertz CT molecular complexity index is 448. The minimum absolute atomic E-state index is 0.842. The fourth-order valence-corrected chi connectivity index (χ4v) is 4.80. The molecule has 4 heteroatoms. The summed E-state index contributed by atoms with van der Waals surface area (Å²) in [5, 5.41) is 4.43. The molecule has 0 aliphatic rings. The molecule has 0 saturated heterocycles. The Balaban J connectivity index is 1.64. The summed E-state index contributed by atoms with van der Waals surface area (Å²) in [6.45, 7) is 0.842. The van der Waals surface area contributed by atoms with Crippen molar-refractivity contribution in [1.82, 2.24) is 0 Å². The van der Waals surface area contributed by atoms with Gasteiger partial charge in [-0.25, -0.2) is 0 Å². The zero-order valence-electron chi connectivity index (χ0n) is 11.1. The highest BCUT2D eigenvalue weighted by atomic mass is 32.2. The van der Waals surface area contributed by atoms with Gasteiger partial charge < -0.3 is 5.73 Å². The van der Waals surface area contributed by atoms with Gasteiger partial charge in [0.05, 0.1) is 0 Å². The van der Waals surface area contributed by atoms with Crippen molar-refractivity contribution in [3.05, 3.63) is 29.0 Å². The van der Waals surface area contributed by atoms with Crippen molar-refractivity contribution < 1.29 is 0 Å². The maximum atomic E-state index is 5.49. The van der Waals surface area contributed by atoms with Crippen LogP contribution < -0.4 is 5.73 Å². The summed E-state index contributed by atoms with van der Waals surface area (Å²) in [5.41, 5.74) is 5.49. The highest BCUT2D eigenvalue weighted by Crippen LogP contribution is 2.34. The Hall–Kier alpha value is -0.290. The molecule has 0 radical (unpaired) electrons. The van der Waals surface area contributed by atoms with Gasteiger partial charge in [0.1, 0.15) is 0 Å². The molecule has 0 saturated carbocycles. The lowest BCUT2D eigenvalue weighted by Gasteiger charge is -2.00. The molecule has 1 nitrogen and oxygen atoms in total. The van der Waals surface area contributed by atoms with E-state index in [2.05, 4.69) is 29.0 Å². The third-order valence-electron chi connectivity index (χ3n) is 2.96. The largest absolute Gasteiger partial charge is 0.330 e. The molecule has 0 aromatic carbocycles. The summed E-state index contributed by atoms with van der Waals surface area (Å²) in [7, 11) is 0. The summed E-state index contributed by atoms with van der Waals surface area (Å²) < 4.78 is 0. The fraction of sp³-hybridized carbons (Fsp3) is 0.467. The first kappa shape index (κ1) is 15.1. The Kier molecular flexibility index (Phi) is 6.99. The molecule has 0 atom stereocenters. The molecule has 2 aromatic heterocycles. The molecule has 2 rings (SSSR count). The Morgan fingerprint density at radius 1 is 1.00 bits per heavy atom. The molecule has 0 bridgehead atoms. The summed E-state index contributed by atoms with van der Waals surface area (Å²) in [6.07, 6.45) is 6.47. The monoisotopic (exact) mass is 311 g/mol. The quantitative estimate of drug-likeness (QED) is 0.490. The van der Waals surface area contributed by atoms with Crippen molar-refractivity contribution in [1.29, 1.82) is 0 Å². The van der Waals surface area contributed by atoms with E-state index in [0.29, 0.717) is 0 Å². The summed E-state index contributed by atoms with van der Waals surface area (Å²) in [5.74, 6) is 1.24. The Labute approximate surface area is 128 Å². The van der Waals surface area contributed by atoms with Crippen molar-refractivity contribution >= 4 is 34.4 Å². The van der Waals surface area contributed by atoms with Crippen LogP contribution in [0.1, 0.15) is 32.1 Å². The summed E-state index contributed by atoms with van der Waals surface area (Å²) in [4.78, 5) is 4.22. The Morgan fingerprint density at radius 2 is 1.84 bits per heavy atom. The van der Waals surface area contributed by atoms with E-state index >= 15 is 0 Å². The first-order chi connectivity index (χ1) is 9.40. The van der Waals surface area contributed by atoms with E-state index in [-0.39, 0.29) is 0 Å². The van der Waals surface area contributed by atoms with E-state index in [1.807, 2.05) is 34.4 Å². The van der Waals surface area contributed by atoms with Gasteiger partial charge in [0, 0.05) is 20.0 Å². The van der Waals surface area contributed by atoms with Crippen molar-refractivity contribution in [3.8, 4) is 9.75 Å². The maximum Gasteiger partial charge on any atom is 0.0454 e. The lowest BCUT2D eigenvalue weighted by molar-refractivity contribution is 0.640. The van der Waals surface area contributed by atoms with Gasteiger partial charge in [-0.2, -0.15) is 0 Å². The highest BCUT2D eigenvalue weighted by molar-refractivity contribution is 7.99. The molecular formula is C15H21NS3. The molecule has 0 spiro atoms. The van der Waals surface area contributed by atoms with Gasteiger partial charge in [-0.15, -0.1) is 34.4 Å². The topological polar surface area (TPSA) is 26.0 Å². The predicted octanol–water partition coefficient (Wildman–Crippen LogP) is 5.48. The SMILES string of the molecule is NCCCCCCCSc1csc(-c2cccs2)c1. The Morgan fingerprint density at radius 3 is 2.63 bits per heavy atom. The van der Waals surface area contributed by atoms with Crippen LogP contribution in [0.25, 0.3) is 9.75 Å². The number of unbranched alkanes of at least 4 members (excludes halogenated alkanes) is 4. The lowest BCUT2D eigenvalue weighted by atomic mass is 10.2. The molecule has 2 aromatic rings. The van der Waals surface area contributed by atoms with Gasteiger partial charge in [-0.05, 0) is 42.7 Å².